The van der Waals surface area contributed by atoms with Crippen LogP contribution in [0.25, 0.3) is 0 Å². The molecule has 3 saturated carbocycles. The number of carbonyl (C=O) groups excluding carboxylic acids is 1. The van der Waals surface area contributed by atoms with Crippen molar-refractivity contribution in [3.8, 4) is 0 Å². The number of fused-ring (bicyclic) bond motifs is 5. The topological polar surface area (TPSA) is 29.1 Å². The summed E-state index contributed by atoms with van der Waals surface area (Å²) in [7, 11) is 1.78. The summed E-state index contributed by atoms with van der Waals surface area (Å²) < 4.78 is 0. The molecule has 8 atom stereocenters. The summed E-state index contributed by atoms with van der Waals surface area (Å²) >= 11 is 0. The first kappa shape index (κ1) is 24.3. The Balaban J connectivity index is 1.45. The summed E-state index contributed by atoms with van der Waals surface area (Å²) in [6.07, 6.45) is 18.5. The van der Waals surface area contributed by atoms with Gasteiger partial charge >= 0.3 is 0 Å². The highest BCUT2D eigenvalue weighted by atomic mass is 16.1. The maximum atomic E-state index is 12.0. The number of rotatable bonds is 7. The van der Waals surface area contributed by atoms with E-state index in [-0.39, 0.29) is 5.91 Å². The lowest BCUT2D eigenvalue weighted by molar-refractivity contribution is -0.122. The third kappa shape index (κ3) is 4.34. The zero-order valence-electron chi connectivity index (χ0n) is 22.0. The van der Waals surface area contributed by atoms with Gasteiger partial charge in [0.2, 0.25) is 5.91 Å². The van der Waals surface area contributed by atoms with E-state index in [2.05, 4.69) is 46.0 Å². The van der Waals surface area contributed by atoms with Gasteiger partial charge in [0.15, 0.2) is 0 Å². The molecule has 0 saturated heterocycles. The van der Waals surface area contributed by atoms with Gasteiger partial charge in [-0.3, -0.25) is 4.79 Å². The molecule has 4 aliphatic rings. The highest BCUT2D eigenvalue weighted by Gasteiger charge is 2.59. The van der Waals surface area contributed by atoms with Crippen LogP contribution in [0.3, 0.4) is 0 Å². The lowest BCUT2D eigenvalue weighted by Gasteiger charge is -2.58. The Hall–Kier alpha value is -0.790. The van der Waals surface area contributed by atoms with Gasteiger partial charge < -0.3 is 5.32 Å². The largest absolute Gasteiger partial charge is 0.359 e. The van der Waals surface area contributed by atoms with Crippen LogP contribution in [-0.4, -0.2) is 13.0 Å². The van der Waals surface area contributed by atoms with Crippen molar-refractivity contribution >= 4 is 5.91 Å². The standard InChI is InChI=1S/C30H51NO/c1-20(2)8-7-9-21(3)25-12-13-26-24-11-10-23-18-22(19-28(32)31-6)14-16-29(23,4)27(24)15-17-30(25,26)5/h10,20-22,24-27H,7-9,11-19H2,1-6H3,(H,31,32). The van der Waals surface area contributed by atoms with Crippen LogP contribution >= 0.6 is 0 Å². The van der Waals surface area contributed by atoms with E-state index in [1.54, 1.807) is 12.6 Å². The van der Waals surface area contributed by atoms with E-state index in [9.17, 15) is 4.79 Å². The molecule has 182 valence electrons. The molecule has 0 bridgehead atoms. The van der Waals surface area contributed by atoms with Crippen LogP contribution in [0.2, 0.25) is 0 Å². The van der Waals surface area contributed by atoms with E-state index in [0.717, 1.165) is 41.9 Å². The molecule has 1 amide bonds. The number of allylic oxidation sites excluding steroid dienone is 2. The molecule has 0 heterocycles. The van der Waals surface area contributed by atoms with Crippen LogP contribution in [0.1, 0.15) is 112 Å². The fourth-order valence-electron chi connectivity index (χ4n) is 9.30. The van der Waals surface area contributed by atoms with Gasteiger partial charge in [0, 0.05) is 13.5 Å². The fourth-order valence-corrected chi connectivity index (χ4v) is 9.30. The second-order valence-electron chi connectivity index (χ2n) is 13.3. The van der Waals surface area contributed by atoms with E-state index < -0.39 is 0 Å². The van der Waals surface area contributed by atoms with E-state index in [1.807, 2.05) is 0 Å². The minimum absolute atomic E-state index is 0.223. The Labute approximate surface area is 198 Å². The molecule has 1 N–H and O–H groups in total. The van der Waals surface area contributed by atoms with E-state index in [4.69, 9.17) is 0 Å². The first-order valence-electron chi connectivity index (χ1n) is 14.1. The molecular weight excluding hydrogens is 390 g/mol. The average Bonchev–Trinajstić information content (AvgIpc) is 3.11. The molecule has 0 spiro atoms. The molecule has 4 aliphatic carbocycles. The van der Waals surface area contributed by atoms with Gasteiger partial charge in [0.25, 0.3) is 0 Å². The molecule has 0 aromatic heterocycles. The molecule has 3 fully saturated rings. The van der Waals surface area contributed by atoms with Gasteiger partial charge in [-0.05, 0) is 104 Å². The molecule has 0 aliphatic heterocycles. The smallest absolute Gasteiger partial charge is 0.220 e. The Kier molecular flexibility index (Phi) is 7.19. The van der Waals surface area contributed by atoms with E-state index >= 15 is 0 Å². The molecule has 32 heavy (non-hydrogen) atoms. The predicted octanol–water partition coefficient (Wildman–Crippen LogP) is 7.78. The van der Waals surface area contributed by atoms with Gasteiger partial charge in [-0.15, -0.1) is 0 Å². The summed E-state index contributed by atoms with van der Waals surface area (Å²) in [6.45, 7) is 12.6. The van der Waals surface area contributed by atoms with Crippen molar-refractivity contribution in [3.63, 3.8) is 0 Å². The van der Waals surface area contributed by atoms with Crippen LogP contribution in [0.15, 0.2) is 11.6 Å². The van der Waals surface area contributed by atoms with Crippen molar-refractivity contribution in [2.24, 2.45) is 52.3 Å². The quantitative estimate of drug-likeness (QED) is 0.401. The SMILES string of the molecule is CNC(=O)CC1CCC2(C)C(=CCC3C2CCC2(C)C(C(C)CCCC(C)C)CCC32)C1. The third-order valence-electron chi connectivity index (χ3n) is 11.2. The summed E-state index contributed by atoms with van der Waals surface area (Å²) in [6, 6.07) is 0. The van der Waals surface area contributed by atoms with Gasteiger partial charge in [0.1, 0.15) is 0 Å². The van der Waals surface area contributed by atoms with Crippen LogP contribution in [0.5, 0.6) is 0 Å². The van der Waals surface area contributed by atoms with Crippen LogP contribution in [-0.2, 0) is 4.79 Å². The van der Waals surface area contributed by atoms with Crippen molar-refractivity contribution in [3.05, 3.63) is 11.6 Å². The van der Waals surface area contributed by atoms with Crippen molar-refractivity contribution in [2.75, 3.05) is 7.05 Å². The average molecular weight is 442 g/mol. The zero-order valence-corrected chi connectivity index (χ0v) is 22.0. The first-order chi connectivity index (χ1) is 15.2. The van der Waals surface area contributed by atoms with Gasteiger partial charge in [0.05, 0.1) is 0 Å². The highest BCUT2D eigenvalue weighted by Crippen LogP contribution is 2.67. The fraction of sp³-hybridized carbons (Fsp3) is 0.900. The molecule has 0 aromatic carbocycles. The maximum Gasteiger partial charge on any atom is 0.220 e. The lowest BCUT2D eigenvalue weighted by Crippen LogP contribution is -2.50. The van der Waals surface area contributed by atoms with Crippen LogP contribution < -0.4 is 5.32 Å². The zero-order chi connectivity index (χ0) is 23.1. The number of carbonyl (C=O) groups is 1. The summed E-state index contributed by atoms with van der Waals surface area (Å²) in [5.41, 5.74) is 2.71. The van der Waals surface area contributed by atoms with Crippen molar-refractivity contribution in [1.29, 1.82) is 0 Å². The lowest BCUT2D eigenvalue weighted by atomic mass is 9.46. The van der Waals surface area contributed by atoms with Crippen molar-refractivity contribution in [1.82, 2.24) is 5.32 Å². The molecule has 0 aromatic rings. The summed E-state index contributed by atoms with van der Waals surface area (Å²) in [5, 5.41) is 2.84. The summed E-state index contributed by atoms with van der Waals surface area (Å²) in [4.78, 5) is 12.0. The molecule has 0 radical (unpaired) electrons. The van der Waals surface area contributed by atoms with Gasteiger partial charge in [-0.1, -0.05) is 65.5 Å². The Bertz CT molecular complexity index is 710. The van der Waals surface area contributed by atoms with Gasteiger partial charge in [-0.25, -0.2) is 0 Å². The Morgan fingerprint density at radius 3 is 2.56 bits per heavy atom. The van der Waals surface area contributed by atoms with Crippen molar-refractivity contribution in [2.45, 2.75) is 112 Å². The monoisotopic (exact) mass is 441 g/mol. The van der Waals surface area contributed by atoms with Crippen LogP contribution in [0.4, 0.5) is 0 Å². The normalized spacial score (nSPS) is 42.0. The number of nitrogens with one attached hydrogen (secondary N) is 1. The second-order valence-corrected chi connectivity index (χ2v) is 13.3. The number of amides is 1. The Morgan fingerprint density at radius 2 is 1.84 bits per heavy atom. The first-order valence-corrected chi connectivity index (χ1v) is 14.1. The maximum absolute atomic E-state index is 12.0. The molecule has 2 heteroatoms. The van der Waals surface area contributed by atoms with E-state index in [1.165, 1.54) is 70.6 Å². The molecular formula is C30H51NO. The predicted molar refractivity (Wildman–Crippen MR) is 135 cm³/mol. The number of hydrogen-bond donors (Lipinski definition) is 1. The highest BCUT2D eigenvalue weighted by molar-refractivity contribution is 5.75. The van der Waals surface area contributed by atoms with Crippen LogP contribution in [0, 0.1) is 52.3 Å². The van der Waals surface area contributed by atoms with E-state index in [0.29, 0.717) is 16.7 Å². The Morgan fingerprint density at radius 1 is 1.06 bits per heavy atom. The molecule has 4 rings (SSSR count). The van der Waals surface area contributed by atoms with Gasteiger partial charge in [-0.2, -0.15) is 0 Å². The summed E-state index contributed by atoms with van der Waals surface area (Å²) in [5.74, 6) is 6.20. The minimum Gasteiger partial charge on any atom is -0.359 e. The third-order valence-corrected chi connectivity index (χ3v) is 11.2. The second kappa shape index (κ2) is 9.46. The molecule has 8 unspecified atom stereocenters. The minimum atomic E-state index is 0.223. The number of hydrogen-bond acceptors (Lipinski definition) is 1. The molecule has 2 nitrogen and oxygen atoms in total. The van der Waals surface area contributed by atoms with Crippen molar-refractivity contribution < 1.29 is 4.79 Å².